The van der Waals surface area contributed by atoms with E-state index in [2.05, 4.69) is 4.40 Å². The van der Waals surface area contributed by atoms with Crippen molar-refractivity contribution in [1.29, 1.82) is 0 Å². The summed E-state index contributed by atoms with van der Waals surface area (Å²) in [4.78, 5) is 23.6. The van der Waals surface area contributed by atoms with E-state index in [0.29, 0.717) is 13.1 Å². The molecule has 1 fully saturated rings. The van der Waals surface area contributed by atoms with Gasteiger partial charge in [-0.25, -0.2) is 4.79 Å². The van der Waals surface area contributed by atoms with E-state index in [9.17, 15) is 18.0 Å². The van der Waals surface area contributed by atoms with Gasteiger partial charge in [-0.3, -0.25) is 4.79 Å². The Morgan fingerprint density at radius 1 is 1.16 bits per heavy atom. The van der Waals surface area contributed by atoms with Crippen LogP contribution in [0.25, 0.3) is 0 Å². The molecule has 0 aromatic rings. The summed E-state index contributed by atoms with van der Waals surface area (Å²) in [6.07, 6.45) is 4.63. The number of aliphatic carboxylic acids is 1. The molecule has 1 N–H and O–H groups in total. The molecule has 8 heteroatoms. The fourth-order valence-electron chi connectivity index (χ4n) is 2.11. The largest absolute Gasteiger partial charge is 0.477 e. The smallest absolute Gasteiger partial charge is 0.349 e. The molecule has 104 valence electrons. The van der Waals surface area contributed by atoms with Crippen molar-refractivity contribution >= 4 is 27.6 Å². The first-order chi connectivity index (χ1) is 8.92. The van der Waals surface area contributed by atoms with E-state index in [-0.39, 0.29) is 5.71 Å². The highest BCUT2D eigenvalue weighted by Gasteiger charge is 2.34. The predicted octanol–water partition coefficient (Wildman–Crippen LogP) is 0.142. The summed E-state index contributed by atoms with van der Waals surface area (Å²) in [7, 11) is -4.23. The van der Waals surface area contributed by atoms with Crippen molar-refractivity contribution in [2.75, 3.05) is 13.1 Å². The lowest BCUT2D eigenvalue weighted by Gasteiger charge is -2.19. The highest BCUT2D eigenvalue weighted by molar-refractivity contribution is 7.95. The maximum atomic E-state index is 12.1. The van der Waals surface area contributed by atoms with Crippen molar-refractivity contribution in [3.63, 3.8) is 0 Å². The van der Waals surface area contributed by atoms with E-state index < -0.39 is 26.8 Å². The number of hydrogen-bond donors (Lipinski definition) is 1. The van der Waals surface area contributed by atoms with Gasteiger partial charge < -0.3 is 10.0 Å². The number of hydrogen-bond acceptors (Lipinski definition) is 4. The molecule has 1 amide bonds. The summed E-state index contributed by atoms with van der Waals surface area (Å²) in [6, 6.07) is 0. The Bertz CT molecular complexity index is 568. The molecule has 0 spiro atoms. The number of carboxylic acids is 1. The molecule has 2 heterocycles. The minimum atomic E-state index is -4.23. The molecule has 0 unspecified atom stereocenters. The number of rotatable bonds is 2. The molecule has 2 aliphatic heterocycles. The number of carbonyl (C=O) groups excluding carboxylic acids is 1. The number of likely N-dealkylation sites (tertiary alicyclic amines) is 1. The lowest BCUT2D eigenvalue weighted by atomic mass is 10.2. The molecule has 0 aromatic heterocycles. The molecular formula is C11H14N2O5S. The fraction of sp³-hybridized carbons (Fsp3) is 0.545. The van der Waals surface area contributed by atoms with Crippen molar-refractivity contribution in [3.05, 3.63) is 11.0 Å². The average molecular weight is 286 g/mol. The van der Waals surface area contributed by atoms with Crippen molar-refractivity contribution in [2.24, 2.45) is 4.40 Å². The quantitative estimate of drug-likeness (QED) is 0.777. The molecule has 0 aliphatic carbocycles. The van der Waals surface area contributed by atoms with Crippen LogP contribution in [0.15, 0.2) is 15.4 Å². The van der Waals surface area contributed by atoms with E-state index in [1.54, 1.807) is 0 Å². The molecule has 0 radical (unpaired) electrons. The second-order valence-electron chi connectivity index (χ2n) is 4.47. The number of sulfonamides is 1. The maximum absolute atomic E-state index is 12.1. The number of carboxylic acid groups (broad SMARTS) is 1. The van der Waals surface area contributed by atoms with Gasteiger partial charge >= 0.3 is 5.97 Å². The normalized spacial score (nSPS) is 22.4. The molecular weight excluding hydrogens is 272 g/mol. The lowest BCUT2D eigenvalue weighted by Crippen LogP contribution is -2.36. The van der Waals surface area contributed by atoms with Crippen LogP contribution in [0, 0.1) is 0 Å². The Labute approximate surface area is 110 Å². The van der Waals surface area contributed by atoms with Gasteiger partial charge in [0.05, 0.1) is 0 Å². The standard InChI is InChI=1S/C11H14N2O5S/c14-10(13-5-3-1-2-4-6-13)8-7-9(11(15)16)19(17,18)12-8/h7H,1-6H2,(H,15,16). The van der Waals surface area contributed by atoms with Gasteiger partial charge in [-0.15, -0.1) is 0 Å². The molecule has 0 atom stereocenters. The molecule has 0 saturated carbocycles. The van der Waals surface area contributed by atoms with Gasteiger partial charge in [0.1, 0.15) is 5.71 Å². The van der Waals surface area contributed by atoms with Crippen LogP contribution in [0.2, 0.25) is 0 Å². The van der Waals surface area contributed by atoms with Crippen LogP contribution in [0.4, 0.5) is 0 Å². The average Bonchev–Trinajstić information content (AvgIpc) is 2.54. The zero-order valence-corrected chi connectivity index (χ0v) is 11.0. The summed E-state index contributed by atoms with van der Waals surface area (Å²) in [5.41, 5.74) is -0.306. The number of carbonyl (C=O) groups is 2. The van der Waals surface area contributed by atoms with E-state index >= 15 is 0 Å². The van der Waals surface area contributed by atoms with Crippen molar-refractivity contribution in [3.8, 4) is 0 Å². The van der Waals surface area contributed by atoms with E-state index in [0.717, 1.165) is 31.8 Å². The van der Waals surface area contributed by atoms with Crippen LogP contribution >= 0.6 is 0 Å². The first-order valence-electron chi connectivity index (χ1n) is 6.01. The summed E-state index contributed by atoms with van der Waals surface area (Å²) >= 11 is 0. The number of amides is 1. The summed E-state index contributed by atoms with van der Waals surface area (Å²) in [5, 5.41) is 8.76. The summed E-state index contributed by atoms with van der Waals surface area (Å²) < 4.78 is 26.2. The molecule has 2 rings (SSSR count). The molecule has 0 aromatic carbocycles. The Morgan fingerprint density at radius 2 is 1.74 bits per heavy atom. The van der Waals surface area contributed by atoms with Crippen LogP contribution in [0.3, 0.4) is 0 Å². The van der Waals surface area contributed by atoms with Crippen molar-refractivity contribution in [2.45, 2.75) is 25.7 Å². The van der Waals surface area contributed by atoms with Gasteiger partial charge in [-0.05, 0) is 18.9 Å². The lowest BCUT2D eigenvalue weighted by molar-refractivity contribution is -0.131. The topological polar surface area (TPSA) is 104 Å². The Kier molecular flexibility index (Phi) is 3.70. The minimum absolute atomic E-state index is 0.306. The summed E-state index contributed by atoms with van der Waals surface area (Å²) in [5.74, 6) is -2.11. The minimum Gasteiger partial charge on any atom is -0.477 e. The van der Waals surface area contributed by atoms with E-state index in [1.165, 1.54) is 4.90 Å². The molecule has 0 bridgehead atoms. The fourth-order valence-corrected chi connectivity index (χ4v) is 3.08. The molecule has 19 heavy (non-hydrogen) atoms. The van der Waals surface area contributed by atoms with Crippen LogP contribution in [-0.2, 0) is 19.6 Å². The van der Waals surface area contributed by atoms with Crippen LogP contribution in [0.5, 0.6) is 0 Å². The van der Waals surface area contributed by atoms with E-state index in [4.69, 9.17) is 5.11 Å². The van der Waals surface area contributed by atoms with Crippen LogP contribution in [-0.4, -0.2) is 49.1 Å². The van der Waals surface area contributed by atoms with Crippen molar-refractivity contribution in [1.82, 2.24) is 4.90 Å². The Morgan fingerprint density at radius 3 is 2.21 bits per heavy atom. The predicted molar refractivity (Wildman–Crippen MR) is 67.1 cm³/mol. The SMILES string of the molecule is O=C(O)C1=CC(C(=O)N2CCCCCC2)=NS1(=O)=O. The second kappa shape index (κ2) is 5.12. The monoisotopic (exact) mass is 286 g/mol. The van der Waals surface area contributed by atoms with Crippen LogP contribution in [0.1, 0.15) is 25.7 Å². The highest BCUT2D eigenvalue weighted by Crippen LogP contribution is 2.19. The number of nitrogens with zero attached hydrogens (tertiary/aromatic N) is 2. The Balaban J connectivity index is 2.23. The summed E-state index contributed by atoms with van der Waals surface area (Å²) in [6.45, 7) is 1.10. The zero-order valence-electron chi connectivity index (χ0n) is 10.2. The Hall–Kier alpha value is -1.70. The van der Waals surface area contributed by atoms with Gasteiger partial charge in [0.25, 0.3) is 15.9 Å². The van der Waals surface area contributed by atoms with E-state index in [1.807, 2.05) is 0 Å². The highest BCUT2D eigenvalue weighted by atomic mass is 32.2. The molecule has 1 saturated heterocycles. The van der Waals surface area contributed by atoms with Gasteiger partial charge in [-0.2, -0.15) is 12.8 Å². The third-order valence-electron chi connectivity index (χ3n) is 3.09. The zero-order chi connectivity index (χ0) is 14.0. The molecule has 2 aliphatic rings. The molecule has 7 nitrogen and oxygen atoms in total. The van der Waals surface area contributed by atoms with Gasteiger partial charge in [0.2, 0.25) is 0 Å². The van der Waals surface area contributed by atoms with Gasteiger partial charge in [0, 0.05) is 13.1 Å². The third-order valence-corrected chi connectivity index (χ3v) is 4.37. The van der Waals surface area contributed by atoms with Gasteiger partial charge in [0.15, 0.2) is 4.91 Å². The van der Waals surface area contributed by atoms with Crippen molar-refractivity contribution < 1.29 is 23.1 Å². The first kappa shape index (κ1) is 13.7. The third kappa shape index (κ3) is 2.83. The van der Waals surface area contributed by atoms with Gasteiger partial charge in [-0.1, -0.05) is 12.8 Å². The maximum Gasteiger partial charge on any atom is 0.349 e. The second-order valence-corrected chi connectivity index (χ2v) is 6.04. The first-order valence-corrected chi connectivity index (χ1v) is 7.45. The van der Waals surface area contributed by atoms with Crippen LogP contribution < -0.4 is 0 Å².